The highest BCUT2D eigenvalue weighted by molar-refractivity contribution is 5.31. The van der Waals surface area contributed by atoms with E-state index < -0.39 is 0 Å². The minimum Gasteiger partial charge on any atom is -0.313 e. The largest absolute Gasteiger partial charge is 0.323 e. The molecule has 2 N–H and O–H groups in total. The van der Waals surface area contributed by atoms with E-state index in [0.29, 0.717) is 0 Å². The molecule has 1 aromatic carbocycles. The van der Waals surface area contributed by atoms with Gasteiger partial charge in [-0.3, -0.25) is 0 Å². The highest BCUT2D eigenvalue weighted by atomic mass is 16.1. The molecule has 0 bridgehead atoms. The highest BCUT2D eigenvalue weighted by Crippen LogP contribution is 2.22. The lowest BCUT2D eigenvalue weighted by Crippen LogP contribution is -2.04. The predicted molar refractivity (Wildman–Crippen MR) is 59.9 cm³/mol. The Bertz CT molecular complexity index is 496. The third-order valence-corrected chi connectivity index (χ3v) is 2.35. The van der Waals surface area contributed by atoms with Gasteiger partial charge in [0.25, 0.3) is 0 Å². The number of imidazole rings is 1. The van der Waals surface area contributed by atoms with E-state index in [1.807, 2.05) is 36.4 Å². The minimum atomic E-state index is -0.187. The van der Waals surface area contributed by atoms with Gasteiger partial charge in [0.15, 0.2) is 0 Å². The van der Waals surface area contributed by atoms with Gasteiger partial charge in [-0.1, -0.05) is 36.4 Å². The number of allylic oxidation sites excluding steroid dienone is 1. The number of aromatic nitrogens is 2. The maximum absolute atomic E-state index is 11.0. The summed E-state index contributed by atoms with van der Waals surface area (Å²) in [7, 11) is 0. The Morgan fingerprint density at radius 1 is 1.27 bits per heavy atom. The van der Waals surface area contributed by atoms with Crippen LogP contribution in [0.4, 0.5) is 0 Å². The molecule has 3 heteroatoms. The topological polar surface area (TPSA) is 48.6 Å². The Hall–Kier alpha value is -2.03. The zero-order chi connectivity index (χ0) is 10.7. The maximum Gasteiger partial charge on any atom is 0.323 e. The monoisotopic (exact) mass is 200 g/mol. The third kappa shape index (κ3) is 1.91. The van der Waals surface area contributed by atoms with Crippen molar-refractivity contribution in [2.75, 3.05) is 0 Å². The van der Waals surface area contributed by atoms with E-state index in [1.54, 1.807) is 6.20 Å². The van der Waals surface area contributed by atoms with E-state index in [4.69, 9.17) is 0 Å². The summed E-state index contributed by atoms with van der Waals surface area (Å²) in [5.74, 6) is 0.0325. The van der Waals surface area contributed by atoms with Crippen molar-refractivity contribution in [3.63, 3.8) is 0 Å². The standard InChI is InChI=1S/C12H12N2O/c1-2-10(9-6-4-3-5-7-9)11-8-13-12(15)14-11/h2-8,10H,1H2,(H2,13,14,15). The number of hydrogen-bond acceptors (Lipinski definition) is 1. The van der Waals surface area contributed by atoms with Crippen LogP contribution < -0.4 is 5.69 Å². The summed E-state index contributed by atoms with van der Waals surface area (Å²) in [6, 6.07) is 9.92. The van der Waals surface area contributed by atoms with Crippen molar-refractivity contribution in [1.82, 2.24) is 9.97 Å². The van der Waals surface area contributed by atoms with Crippen molar-refractivity contribution in [3.8, 4) is 0 Å². The molecule has 3 nitrogen and oxygen atoms in total. The third-order valence-electron chi connectivity index (χ3n) is 2.35. The second-order valence-electron chi connectivity index (χ2n) is 3.32. The highest BCUT2D eigenvalue weighted by Gasteiger charge is 2.11. The number of benzene rings is 1. The number of hydrogen-bond donors (Lipinski definition) is 2. The Balaban J connectivity index is 2.41. The smallest absolute Gasteiger partial charge is 0.313 e. The Morgan fingerprint density at radius 2 is 2.00 bits per heavy atom. The zero-order valence-electron chi connectivity index (χ0n) is 8.23. The van der Waals surface area contributed by atoms with E-state index in [0.717, 1.165) is 11.3 Å². The van der Waals surface area contributed by atoms with Crippen molar-refractivity contribution in [3.05, 3.63) is 70.9 Å². The molecule has 0 spiro atoms. The van der Waals surface area contributed by atoms with Gasteiger partial charge >= 0.3 is 5.69 Å². The summed E-state index contributed by atoms with van der Waals surface area (Å²) >= 11 is 0. The summed E-state index contributed by atoms with van der Waals surface area (Å²) in [5.41, 5.74) is 1.76. The van der Waals surface area contributed by atoms with Crippen LogP contribution in [0.2, 0.25) is 0 Å². The molecule has 15 heavy (non-hydrogen) atoms. The fourth-order valence-corrected chi connectivity index (χ4v) is 1.62. The Labute approximate surface area is 87.5 Å². The molecule has 0 saturated heterocycles. The first-order valence-electron chi connectivity index (χ1n) is 4.76. The molecule has 0 aliphatic carbocycles. The lowest BCUT2D eigenvalue weighted by molar-refractivity contribution is 0.967. The average molecular weight is 200 g/mol. The van der Waals surface area contributed by atoms with E-state index >= 15 is 0 Å². The number of aromatic amines is 2. The first kappa shape index (κ1) is 9.52. The molecule has 1 atom stereocenters. The van der Waals surface area contributed by atoms with Crippen LogP contribution in [0.3, 0.4) is 0 Å². The summed E-state index contributed by atoms with van der Waals surface area (Å²) in [4.78, 5) is 16.3. The normalized spacial score (nSPS) is 12.3. The maximum atomic E-state index is 11.0. The molecule has 0 amide bonds. The van der Waals surface area contributed by atoms with Crippen LogP contribution in [-0.2, 0) is 0 Å². The van der Waals surface area contributed by atoms with Crippen molar-refractivity contribution in [2.45, 2.75) is 5.92 Å². The van der Waals surface area contributed by atoms with Crippen LogP contribution in [0.25, 0.3) is 0 Å². The first-order chi connectivity index (χ1) is 7.31. The van der Waals surface area contributed by atoms with E-state index in [9.17, 15) is 4.79 Å². The van der Waals surface area contributed by atoms with Gasteiger partial charge in [0.05, 0.1) is 0 Å². The quantitative estimate of drug-likeness (QED) is 0.732. The minimum absolute atomic E-state index is 0.0325. The average Bonchev–Trinajstić information content (AvgIpc) is 2.68. The van der Waals surface area contributed by atoms with E-state index in [2.05, 4.69) is 16.5 Å². The summed E-state index contributed by atoms with van der Waals surface area (Å²) in [5, 5.41) is 0. The Morgan fingerprint density at radius 3 is 2.53 bits per heavy atom. The van der Waals surface area contributed by atoms with Crippen molar-refractivity contribution in [1.29, 1.82) is 0 Å². The number of H-pyrrole nitrogens is 2. The molecule has 1 unspecified atom stereocenters. The second-order valence-corrected chi connectivity index (χ2v) is 3.32. The number of rotatable bonds is 3. The Kier molecular flexibility index (Phi) is 2.54. The van der Waals surface area contributed by atoms with Crippen LogP contribution in [0, 0.1) is 0 Å². The van der Waals surface area contributed by atoms with Crippen molar-refractivity contribution >= 4 is 0 Å². The van der Waals surface area contributed by atoms with Crippen molar-refractivity contribution in [2.24, 2.45) is 0 Å². The van der Waals surface area contributed by atoms with Gasteiger partial charge < -0.3 is 9.97 Å². The van der Waals surface area contributed by atoms with Crippen LogP contribution in [0.1, 0.15) is 17.2 Å². The molecule has 0 radical (unpaired) electrons. The summed E-state index contributed by atoms with van der Waals surface area (Å²) in [6.45, 7) is 3.79. The lowest BCUT2D eigenvalue weighted by atomic mass is 9.97. The van der Waals surface area contributed by atoms with Gasteiger partial charge in [0, 0.05) is 17.8 Å². The van der Waals surface area contributed by atoms with Crippen LogP contribution >= 0.6 is 0 Å². The van der Waals surface area contributed by atoms with Crippen molar-refractivity contribution < 1.29 is 0 Å². The van der Waals surface area contributed by atoms with Gasteiger partial charge in [-0.2, -0.15) is 0 Å². The molecule has 0 fully saturated rings. The molecule has 0 aliphatic heterocycles. The lowest BCUT2D eigenvalue weighted by Gasteiger charge is -2.09. The fourth-order valence-electron chi connectivity index (χ4n) is 1.62. The van der Waals surface area contributed by atoms with Crippen LogP contribution in [0.5, 0.6) is 0 Å². The predicted octanol–water partition coefficient (Wildman–Crippen LogP) is 2.02. The van der Waals surface area contributed by atoms with E-state index in [-0.39, 0.29) is 11.6 Å². The molecule has 76 valence electrons. The van der Waals surface area contributed by atoms with Gasteiger partial charge in [-0.15, -0.1) is 6.58 Å². The van der Waals surface area contributed by atoms with Gasteiger partial charge in [-0.05, 0) is 5.56 Å². The van der Waals surface area contributed by atoms with Crippen LogP contribution in [-0.4, -0.2) is 9.97 Å². The summed E-state index contributed by atoms with van der Waals surface area (Å²) in [6.07, 6.45) is 3.50. The SMILES string of the molecule is C=CC(c1ccccc1)c1c[nH]c(=O)[nH]1. The molecule has 1 aromatic heterocycles. The molecular formula is C12H12N2O. The molecule has 2 aromatic rings. The van der Waals surface area contributed by atoms with E-state index in [1.165, 1.54) is 0 Å². The number of nitrogens with one attached hydrogen (secondary N) is 2. The molecule has 2 rings (SSSR count). The van der Waals surface area contributed by atoms with Crippen LogP contribution in [0.15, 0.2) is 54.0 Å². The first-order valence-corrected chi connectivity index (χ1v) is 4.76. The molecule has 1 heterocycles. The summed E-state index contributed by atoms with van der Waals surface area (Å²) < 4.78 is 0. The molecular weight excluding hydrogens is 188 g/mol. The molecule has 0 aliphatic rings. The van der Waals surface area contributed by atoms with Gasteiger partial charge in [0.1, 0.15) is 0 Å². The van der Waals surface area contributed by atoms with Gasteiger partial charge in [0.2, 0.25) is 0 Å². The molecule has 0 saturated carbocycles. The zero-order valence-corrected chi connectivity index (χ0v) is 8.23. The second kappa shape index (κ2) is 4.00. The van der Waals surface area contributed by atoms with Gasteiger partial charge in [-0.25, -0.2) is 4.79 Å². The fraction of sp³-hybridized carbons (Fsp3) is 0.0833.